The van der Waals surface area contributed by atoms with E-state index in [-0.39, 0.29) is 18.3 Å². The van der Waals surface area contributed by atoms with Crippen LogP contribution < -0.4 is 15.0 Å². The van der Waals surface area contributed by atoms with E-state index >= 15 is 0 Å². The summed E-state index contributed by atoms with van der Waals surface area (Å²) in [6, 6.07) is 11.2. The van der Waals surface area contributed by atoms with Crippen molar-refractivity contribution in [2.24, 2.45) is 0 Å². The minimum Gasteiger partial charge on any atom is -0.494 e. The first-order valence-corrected chi connectivity index (χ1v) is 11.4. The number of benzene rings is 2. The third-order valence-corrected chi connectivity index (χ3v) is 5.73. The molecule has 0 bridgehead atoms. The molecule has 0 aliphatic rings. The molecule has 11 heteroatoms. The molecule has 4 rings (SSSR count). The van der Waals surface area contributed by atoms with E-state index < -0.39 is 11.9 Å². The van der Waals surface area contributed by atoms with E-state index in [0.717, 1.165) is 5.56 Å². The Morgan fingerprint density at radius 1 is 1.08 bits per heavy atom. The van der Waals surface area contributed by atoms with E-state index in [1.807, 2.05) is 6.92 Å². The van der Waals surface area contributed by atoms with Crippen LogP contribution in [0, 0.1) is 5.82 Å². The van der Waals surface area contributed by atoms with Crippen LogP contribution in [0.15, 0.2) is 55.0 Å². The highest BCUT2D eigenvalue weighted by atomic mass is 19.1. The van der Waals surface area contributed by atoms with Gasteiger partial charge in [-0.05, 0) is 43.3 Å². The molecule has 0 atom stereocenters. The normalized spacial score (nSPS) is 10.8. The van der Waals surface area contributed by atoms with Crippen LogP contribution in [0.5, 0.6) is 5.75 Å². The number of carbonyl (C=O) groups excluding carboxylic acids is 2. The van der Waals surface area contributed by atoms with Gasteiger partial charge in [0.2, 0.25) is 0 Å². The van der Waals surface area contributed by atoms with Gasteiger partial charge in [0, 0.05) is 36.5 Å². The number of aromatic nitrogens is 3. The van der Waals surface area contributed by atoms with Crippen molar-refractivity contribution in [2.75, 3.05) is 38.1 Å². The predicted molar refractivity (Wildman–Crippen MR) is 136 cm³/mol. The Kier molecular flexibility index (Phi) is 7.63. The number of hydrogen-bond donors (Lipinski definition) is 1. The molecular formula is C26H26FN5O5. The van der Waals surface area contributed by atoms with Crippen molar-refractivity contribution in [3.05, 3.63) is 71.9 Å². The molecule has 10 nitrogen and oxygen atoms in total. The van der Waals surface area contributed by atoms with E-state index in [1.165, 1.54) is 37.3 Å². The number of nitrogens with zero attached hydrogens (tertiary/aromatic N) is 4. The molecule has 1 N–H and O–H groups in total. The lowest BCUT2D eigenvalue weighted by atomic mass is 10.1. The summed E-state index contributed by atoms with van der Waals surface area (Å²) in [4.78, 5) is 35.4. The number of methoxy groups -OCH3 is 3. The van der Waals surface area contributed by atoms with Gasteiger partial charge in [0.1, 0.15) is 12.1 Å². The number of amides is 2. The molecule has 0 saturated carbocycles. The van der Waals surface area contributed by atoms with E-state index in [0.29, 0.717) is 40.3 Å². The summed E-state index contributed by atoms with van der Waals surface area (Å²) >= 11 is 0. The van der Waals surface area contributed by atoms with Crippen molar-refractivity contribution < 1.29 is 28.2 Å². The number of pyridine rings is 1. The van der Waals surface area contributed by atoms with Gasteiger partial charge >= 0.3 is 6.09 Å². The number of anilines is 2. The number of carbonyl (C=O) groups is 2. The Balaban J connectivity index is 1.76. The molecule has 0 unspecified atom stereocenters. The van der Waals surface area contributed by atoms with Crippen LogP contribution in [0.25, 0.3) is 16.7 Å². The highest BCUT2D eigenvalue weighted by molar-refractivity contribution is 6.08. The average molecular weight is 508 g/mol. The Labute approximate surface area is 212 Å². The number of halogens is 1. The lowest BCUT2D eigenvalue weighted by Gasteiger charge is -2.22. The molecule has 0 radical (unpaired) electrons. The number of ether oxygens (including phenoxy) is 3. The maximum absolute atomic E-state index is 14.0. The quantitative estimate of drug-likeness (QED) is 0.373. The molecule has 0 saturated heterocycles. The van der Waals surface area contributed by atoms with Gasteiger partial charge < -0.3 is 19.1 Å². The molecule has 0 fully saturated rings. The molecular weight excluding hydrogens is 481 g/mol. The summed E-state index contributed by atoms with van der Waals surface area (Å²) in [5, 5.41) is 2.50. The minimum absolute atomic E-state index is 0.0509. The third-order valence-electron chi connectivity index (χ3n) is 5.73. The fourth-order valence-corrected chi connectivity index (χ4v) is 3.96. The zero-order valence-corrected chi connectivity index (χ0v) is 20.8. The van der Waals surface area contributed by atoms with Crippen LogP contribution >= 0.6 is 0 Å². The van der Waals surface area contributed by atoms with E-state index in [9.17, 15) is 14.0 Å². The highest BCUT2D eigenvalue weighted by Gasteiger charge is 2.21. The van der Waals surface area contributed by atoms with Crippen LogP contribution in [0.1, 0.15) is 22.8 Å². The van der Waals surface area contributed by atoms with Crippen molar-refractivity contribution in [1.82, 2.24) is 14.5 Å². The molecule has 0 aliphatic carbocycles. The largest absolute Gasteiger partial charge is 0.494 e. The smallest absolute Gasteiger partial charge is 0.412 e. The summed E-state index contributed by atoms with van der Waals surface area (Å²) in [6.07, 6.45) is 2.57. The van der Waals surface area contributed by atoms with Gasteiger partial charge in [-0.2, -0.15) is 0 Å². The molecule has 2 aromatic carbocycles. The first-order valence-electron chi connectivity index (χ1n) is 11.4. The number of fused-ring (bicyclic) bond motifs is 1. The zero-order valence-electron chi connectivity index (χ0n) is 20.8. The Morgan fingerprint density at radius 3 is 2.54 bits per heavy atom. The van der Waals surface area contributed by atoms with E-state index in [2.05, 4.69) is 20.0 Å². The first-order chi connectivity index (χ1) is 17.9. The van der Waals surface area contributed by atoms with Crippen molar-refractivity contribution >= 4 is 34.5 Å². The first kappa shape index (κ1) is 25.6. The second-order valence-corrected chi connectivity index (χ2v) is 7.94. The summed E-state index contributed by atoms with van der Waals surface area (Å²) in [6.45, 7) is 2.43. The van der Waals surface area contributed by atoms with Crippen LogP contribution in [0.2, 0.25) is 0 Å². The molecule has 0 spiro atoms. The maximum atomic E-state index is 14.0. The predicted octanol–water partition coefficient (Wildman–Crippen LogP) is 4.56. The maximum Gasteiger partial charge on any atom is 0.412 e. The molecule has 192 valence electrons. The molecule has 37 heavy (non-hydrogen) atoms. The topological polar surface area (TPSA) is 108 Å². The molecule has 2 aromatic heterocycles. The monoisotopic (exact) mass is 507 g/mol. The fraction of sp³-hybridized carbons (Fsp3) is 0.231. The van der Waals surface area contributed by atoms with Gasteiger partial charge in [0.15, 0.2) is 11.6 Å². The van der Waals surface area contributed by atoms with Gasteiger partial charge in [-0.15, -0.1) is 0 Å². The Hall–Kier alpha value is -4.51. The number of imidazole rings is 1. The third kappa shape index (κ3) is 5.21. The standard InChI is InChI=1S/C26H26FN5O5/c1-5-31(18-6-8-20(27)22(12-18)36-3)25(33)16-10-17(14-35-2)24-21(11-16)32(15-29-24)19-7-9-23(28-13-19)30-26(34)37-4/h6-13,15H,5,14H2,1-4H3,(H,28,30,34). The van der Waals surface area contributed by atoms with Crippen molar-refractivity contribution in [1.29, 1.82) is 0 Å². The number of hydrogen-bond acceptors (Lipinski definition) is 7. The molecule has 2 amide bonds. The second-order valence-electron chi connectivity index (χ2n) is 7.94. The van der Waals surface area contributed by atoms with Crippen LogP contribution in [-0.4, -0.2) is 54.4 Å². The molecule has 4 aromatic rings. The summed E-state index contributed by atoms with van der Waals surface area (Å²) in [5.41, 5.74) is 3.64. The van der Waals surface area contributed by atoms with Gasteiger partial charge in [-0.1, -0.05) is 0 Å². The SMILES string of the molecule is CCN(C(=O)c1cc(COC)c2ncn(-c3ccc(NC(=O)OC)nc3)c2c1)c1ccc(F)c(OC)c1. The van der Waals surface area contributed by atoms with Gasteiger partial charge in [-0.3, -0.25) is 14.7 Å². The lowest BCUT2D eigenvalue weighted by molar-refractivity contribution is 0.0988. The molecule has 0 aliphatic heterocycles. The van der Waals surface area contributed by atoms with Crippen molar-refractivity contribution in [3.8, 4) is 11.4 Å². The van der Waals surface area contributed by atoms with E-state index in [1.54, 1.807) is 48.5 Å². The van der Waals surface area contributed by atoms with Crippen LogP contribution in [-0.2, 0) is 16.1 Å². The fourth-order valence-electron chi connectivity index (χ4n) is 3.96. The van der Waals surface area contributed by atoms with Crippen molar-refractivity contribution in [3.63, 3.8) is 0 Å². The van der Waals surface area contributed by atoms with Gasteiger partial charge in [0.25, 0.3) is 5.91 Å². The molecule has 2 heterocycles. The van der Waals surface area contributed by atoms with Crippen LogP contribution in [0.4, 0.5) is 20.7 Å². The second kappa shape index (κ2) is 11.0. The summed E-state index contributed by atoms with van der Waals surface area (Å²) in [7, 11) is 4.21. The number of nitrogens with one attached hydrogen (secondary N) is 1. The van der Waals surface area contributed by atoms with Gasteiger partial charge in [0.05, 0.1) is 43.7 Å². The average Bonchev–Trinajstić information content (AvgIpc) is 3.34. The van der Waals surface area contributed by atoms with Crippen LogP contribution in [0.3, 0.4) is 0 Å². The number of rotatable bonds is 8. The highest BCUT2D eigenvalue weighted by Crippen LogP contribution is 2.28. The summed E-state index contributed by atoms with van der Waals surface area (Å²) in [5.74, 6) is -0.415. The Morgan fingerprint density at radius 2 is 1.89 bits per heavy atom. The minimum atomic E-state index is -0.625. The summed E-state index contributed by atoms with van der Waals surface area (Å²) < 4.78 is 30.8. The van der Waals surface area contributed by atoms with Crippen molar-refractivity contribution in [2.45, 2.75) is 13.5 Å². The van der Waals surface area contributed by atoms with Gasteiger partial charge in [-0.25, -0.2) is 19.2 Å². The Bertz CT molecular complexity index is 1440. The zero-order chi connectivity index (χ0) is 26.5. The lowest BCUT2D eigenvalue weighted by Crippen LogP contribution is -2.30. The van der Waals surface area contributed by atoms with E-state index in [4.69, 9.17) is 9.47 Å².